The van der Waals surface area contributed by atoms with Gasteiger partial charge >= 0.3 is 11.9 Å². The first-order valence-corrected chi connectivity index (χ1v) is 7.10. The maximum absolute atomic E-state index is 12.0. The average Bonchev–Trinajstić information content (AvgIpc) is 2.53. The molecule has 4 nitrogen and oxygen atoms in total. The summed E-state index contributed by atoms with van der Waals surface area (Å²) < 4.78 is 10.4. The number of rotatable bonds is 5. The van der Waals surface area contributed by atoms with E-state index in [4.69, 9.17) is 9.47 Å². The molecule has 0 heterocycles. The van der Waals surface area contributed by atoms with Gasteiger partial charge in [0.2, 0.25) is 0 Å². The normalized spacial score (nSPS) is 10.3. The molecule has 4 heteroatoms. The largest absolute Gasteiger partial charge is 0.462 e. The van der Waals surface area contributed by atoms with Crippen molar-refractivity contribution >= 4 is 11.9 Å². The molecule has 0 atom stereocenters. The Hall–Kier alpha value is -2.62. The second-order valence-electron chi connectivity index (χ2n) is 5.28. The van der Waals surface area contributed by atoms with Crippen LogP contribution in [0.2, 0.25) is 0 Å². The fourth-order valence-corrected chi connectivity index (χ4v) is 1.75. The van der Waals surface area contributed by atoms with Gasteiger partial charge in [-0.05, 0) is 36.2 Å². The summed E-state index contributed by atoms with van der Waals surface area (Å²) in [6, 6.07) is 15.1. The third-order valence-corrected chi connectivity index (χ3v) is 2.84. The number of ether oxygens (including phenoxy) is 2. The van der Waals surface area contributed by atoms with E-state index < -0.39 is 11.9 Å². The summed E-state index contributed by atoms with van der Waals surface area (Å²) in [5, 5.41) is 0. The minimum absolute atomic E-state index is 0.267. The molecule has 0 amide bonds. The predicted octanol–water partition coefficient (Wildman–Crippen LogP) is 3.72. The summed E-state index contributed by atoms with van der Waals surface area (Å²) in [7, 11) is 0. The Morgan fingerprint density at radius 1 is 0.909 bits per heavy atom. The van der Waals surface area contributed by atoms with Crippen LogP contribution in [0.4, 0.5) is 0 Å². The van der Waals surface area contributed by atoms with Gasteiger partial charge in [0, 0.05) is 0 Å². The van der Waals surface area contributed by atoms with Gasteiger partial charge in [0.25, 0.3) is 0 Å². The number of hydrogen-bond acceptors (Lipinski definition) is 4. The van der Waals surface area contributed by atoms with Crippen molar-refractivity contribution in [2.75, 3.05) is 6.61 Å². The van der Waals surface area contributed by atoms with Gasteiger partial charge < -0.3 is 9.47 Å². The molecule has 0 aliphatic rings. The van der Waals surface area contributed by atoms with Crippen molar-refractivity contribution < 1.29 is 19.1 Å². The molecule has 0 fully saturated rings. The molecular weight excluding hydrogens is 280 g/mol. The SMILES string of the molecule is CC(C)COC(=O)c1cccc(OC(=O)c2ccccc2)c1. The fourth-order valence-electron chi connectivity index (χ4n) is 1.75. The third kappa shape index (κ3) is 4.45. The van der Waals surface area contributed by atoms with Gasteiger partial charge in [-0.1, -0.05) is 38.1 Å². The molecule has 114 valence electrons. The first-order valence-electron chi connectivity index (χ1n) is 7.10. The van der Waals surface area contributed by atoms with E-state index in [2.05, 4.69) is 0 Å². The maximum Gasteiger partial charge on any atom is 0.343 e. The van der Waals surface area contributed by atoms with E-state index >= 15 is 0 Å². The number of carbonyl (C=O) groups is 2. The second kappa shape index (κ2) is 7.41. The van der Waals surface area contributed by atoms with E-state index in [1.165, 1.54) is 6.07 Å². The zero-order valence-electron chi connectivity index (χ0n) is 12.6. The van der Waals surface area contributed by atoms with Crippen molar-refractivity contribution in [3.8, 4) is 5.75 Å². The van der Waals surface area contributed by atoms with Crippen LogP contribution >= 0.6 is 0 Å². The quantitative estimate of drug-likeness (QED) is 0.623. The van der Waals surface area contributed by atoms with E-state index in [1.54, 1.807) is 42.5 Å². The lowest BCUT2D eigenvalue weighted by Gasteiger charge is -2.08. The van der Waals surface area contributed by atoms with Gasteiger partial charge in [0.1, 0.15) is 5.75 Å². The Balaban J connectivity index is 2.05. The molecule has 0 saturated carbocycles. The van der Waals surface area contributed by atoms with Crippen molar-refractivity contribution in [3.05, 3.63) is 65.7 Å². The molecule has 2 aromatic rings. The Kier molecular flexibility index (Phi) is 5.31. The summed E-state index contributed by atoms with van der Waals surface area (Å²) in [5.41, 5.74) is 0.814. The molecule has 0 aliphatic carbocycles. The van der Waals surface area contributed by atoms with Crippen LogP contribution in [0.1, 0.15) is 34.6 Å². The zero-order valence-corrected chi connectivity index (χ0v) is 12.6. The fraction of sp³-hybridized carbons (Fsp3) is 0.222. The molecule has 0 radical (unpaired) electrons. The highest BCUT2D eigenvalue weighted by Gasteiger charge is 2.12. The summed E-state index contributed by atoms with van der Waals surface area (Å²) in [4.78, 5) is 23.9. The van der Waals surface area contributed by atoms with Crippen molar-refractivity contribution in [1.82, 2.24) is 0 Å². The number of hydrogen-bond donors (Lipinski definition) is 0. The highest BCUT2D eigenvalue weighted by molar-refractivity contribution is 5.92. The molecule has 0 aliphatic heterocycles. The van der Waals surface area contributed by atoms with Crippen LogP contribution < -0.4 is 4.74 Å². The van der Waals surface area contributed by atoms with Crippen LogP contribution in [0.15, 0.2) is 54.6 Å². The van der Waals surface area contributed by atoms with Gasteiger partial charge in [-0.25, -0.2) is 9.59 Å². The predicted molar refractivity (Wildman–Crippen MR) is 83.0 cm³/mol. The Morgan fingerprint density at radius 3 is 2.27 bits per heavy atom. The van der Waals surface area contributed by atoms with Crippen molar-refractivity contribution in [2.24, 2.45) is 5.92 Å². The molecule has 0 N–H and O–H groups in total. The second-order valence-corrected chi connectivity index (χ2v) is 5.28. The maximum atomic E-state index is 12.0. The van der Waals surface area contributed by atoms with Gasteiger partial charge in [0.05, 0.1) is 17.7 Å². The van der Waals surface area contributed by atoms with Gasteiger partial charge in [-0.3, -0.25) is 0 Å². The molecule has 0 unspecified atom stereocenters. The molecule has 0 saturated heterocycles. The van der Waals surface area contributed by atoms with E-state index in [1.807, 2.05) is 19.9 Å². The average molecular weight is 298 g/mol. The van der Waals surface area contributed by atoms with Crippen molar-refractivity contribution in [2.45, 2.75) is 13.8 Å². The standard InChI is InChI=1S/C18H18O4/c1-13(2)12-21-17(19)15-9-6-10-16(11-15)22-18(20)14-7-4-3-5-8-14/h3-11,13H,12H2,1-2H3. The van der Waals surface area contributed by atoms with Crippen LogP contribution in [0.5, 0.6) is 5.75 Å². The summed E-state index contributed by atoms with van der Waals surface area (Å²) in [6.07, 6.45) is 0. The Labute approximate surface area is 129 Å². The lowest BCUT2D eigenvalue weighted by Crippen LogP contribution is -2.11. The van der Waals surface area contributed by atoms with Gasteiger partial charge in [-0.15, -0.1) is 0 Å². The lowest BCUT2D eigenvalue weighted by atomic mass is 10.2. The molecule has 2 rings (SSSR count). The minimum Gasteiger partial charge on any atom is -0.462 e. The van der Waals surface area contributed by atoms with E-state index in [0.717, 1.165) is 0 Å². The molecule has 0 spiro atoms. The summed E-state index contributed by atoms with van der Waals surface area (Å²) >= 11 is 0. The Morgan fingerprint density at radius 2 is 1.59 bits per heavy atom. The van der Waals surface area contributed by atoms with Crippen LogP contribution in [0.3, 0.4) is 0 Å². The third-order valence-electron chi connectivity index (χ3n) is 2.84. The first kappa shape index (κ1) is 15.8. The lowest BCUT2D eigenvalue weighted by molar-refractivity contribution is 0.0457. The highest BCUT2D eigenvalue weighted by atomic mass is 16.5. The number of carbonyl (C=O) groups excluding carboxylic acids is 2. The van der Waals surface area contributed by atoms with Crippen molar-refractivity contribution in [3.63, 3.8) is 0 Å². The summed E-state index contributed by atoms with van der Waals surface area (Å²) in [6.45, 7) is 4.28. The highest BCUT2D eigenvalue weighted by Crippen LogP contribution is 2.16. The smallest absolute Gasteiger partial charge is 0.343 e. The Bertz CT molecular complexity index is 647. The van der Waals surface area contributed by atoms with E-state index in [-0.39, 0.29) is 5.92 Å². The van der Waals surface area contributed by atoms with Crippen LogP contribution in [0, 0.1) is 5.92 Å². The van der Waals surface area contributed by atoms with Crippen LogP contribution in [-0.2, 0) is 4.74 Å². The molecule has 2 aromatic carbocycles. The van der Waals surface area contributed by atoms with E-state index in [9.17, 15) is 9.59 Å². The van der Waals surface area contributed by atoms with Gasteiger partial charge in [0.15, 0.2) is 0 Å². The number of benzene rings is 2. The first-order chi connectivity index (χ1) is 10.6. The van der Waals surface area contributed by atoms with Gasteiger partial charge in [-0.2, -0.15) is 0 Å². The van der Waals surface area contributed by atoms with Crippen molar-refractivity contribution in [1.29, 1.82) is 0 Å². The van der Waals surface area contributed by atoms with Crippen LogP contribution in [-0.4, -0.2) is 18.5 Å². The molecule has 0 aromatic heterocycles. The zero-order chi connectivity index (χ0) is 15.9. The molecule has 0 bridgehead atoms. The number of esters is 2. The summed E-state index contributed by atoms with van der Waals surface area (Å²) in [5.74, 6) is -0.310. The van der Waals surface area contributed by atoms with Crippen LogP contribution in [0.25, 0.3) is 0 Å². The molecular formula is C18H18O4. The molecule has 22 heavy (non-hydrogen) atoms. The topological polar surface area (TPSA) is 52.6 Å². The monoisotopic (exact) mass is 298 g/mol. The van der Waals surface area contributed by atoms with E-state index in [0.29, 0.717) is 23.5 Å². The minimum atomic E-state index is -0.465.